The maximum absolute atomic E-state index is 13.6. The monoisotopic (exact) mass is 426 g/mol. The number of halogens is 1. The standard InChI is InChI=1S/C25H27FO5/c1-24(2)14-25(21(28)9-10-22(25)29)13-19(15-3-5-16(26)6-4-15)20(24)8-7-18-11-17(27)12-23(30)31-18/h3-8,17-18,27H,9-14H2,1-2H3/t17-,18-/m0/s1. The quantitative estimate of drug-likeness (QED) is 0.585. The largest absolute Gasteiger partial charge is 0.458 e. The van der Waals surface area contributed by atoms with Gasteiger partial charge in [0.15, 0.2) is 0 Å². The molecule has 0 aromatic heterocycles. The third-order valence-electron chi connectivity index (χ3n) is 6.78. The van der Waals surface area contributed by atoms with Crippen molar-refractivity contribution in [2.24, 2.45) is 10.8 Å². The predicted octanol–water partition coefficient (Wildman–Crippen LogP) is 3.94. The minimum Gasteiger partial charge on any atom is -0.458 e. The molecule has 6 heteroatoms. The lowest BCUT2D eigenvalue weighted by atomic mass is 9.58. The van der Waals surface area contributed by atoms with Crippen LogP contribution in [0.4, 0.5) is 4.39 Å². The summed E-state index contributed by atoms with van der Waals surface area (Å²) in [7, 11) is 0. The van der Waals surface area contributed by atoms with Crippen LogP contribution in [0.15, 0.2) is 42.0 Å². The first-order valence-corrected chi connectivity index (χ1v) is 10.7. The fraction of sp³-hybridized carbons (Fsp3) is 0.480. The van der Waals surface area contributed by atoms with Gasteiger partial charge in [0.1, 0.15) is 23.5 Å². The van der Waals surface area contributed by atoms with Gasteiger partial charge in [0, 0.05) is 19.3 Å². The second kappa shape index (κ2) is 7.83. The van der Waals surface area contributed by atoms with Crippen molar-refractivity contribution in [3.8, 4) is 0 Å². The molecule has 1 N–H and O–H groups in total. The number of cyclic esters (lactones) is 1. The van der Waals surface area contributed by atoms with Crippen LogP contribution >= 0.6 is 0 Å². The van der Waals surface area contributed by atoms with E-state index < -0.39 is 29.0 Å². The third-order valence-corrected chi connectivity index (χ3v) is 6.78. The van der Waals surface area contributed by atoms with E-state index in [1.165, 1.54) is 12.1 Å². The van der Waals surface area contributed by atoms with Crippen LogP contribution < -0.4 is 0 Å². The van der Waals surface area contributed by atoms with E-state index in [2.05, 4.69) is 0 Å². The highest BCUT2D eigenvalue weighted by Crippen LogP contribution is 2.56. The van der Waals surface area contributed by atoms with Gasteiger partial charge in [0.2, 0.25) is 0 Å². The van der Waals surface area contributed by atoms with Crippen LogP contribution in [0.1, 0.15) is 57.9 Å². The Bertz CT molecular complexity index is 970. The Morgan fingerprint density at radius 1 is 1.10 bits per heavy atom. The Labute approximate surface area is 181 Å². The molecule has 5 nitrogen and oxygen atoms in total. The van der Waals surface area contributed by atoms with Crippen LogP contribution in [-0.2, 0) is 19.1 Å². The number of ether oxygens (including phenoxy) is 1. The minimum atomic E-state index is -1.03. The molecule has 31 heavy (non-hydrogen) atoms. The van der Waals surface area contributed by atoms with Gasteiger partial charge in [-0.15, -0.1) is 0 Å². The Kier molecular flexibility index (Phi) is 5.46. The second-order valence-electron chi connectivity index (χ2n) is 9.55. The highest BCUT2D eigenvalue weighted by atomic mass is 19.1. The third kappa shape index (κ3) is 4.01. The highest BCUT2D eigenvalue weighted by molar-refractivity contribution is 6.14. The van der Waals surface area contributed by atoms with Crippen LogP contribution in [0.2, 0.25) is 0 Å². The number of aliphatic hydroxyl groups is 1. The number of carbonyl (C=O) groups is 3. The average Bonchev–Trinajstić information content (AvgIpc) is 2.94. The fourth-order valence-electron chi connectivity index (χ4n) is 5.34. The van der Waals surface area contributed by atoms with E-state index in [-0.39, 0.29) is 43.1 Å². The molecule has 1 heterocycles. The van der Waals surface area contributed by atoms with E-state index in [0.717, 1.165) is 16.7 Å². The van der Waals surface area contributed by atoms with E-state index in [0.29, 0.717) is 12.8 Å². The van der Waals surface area contributed by atoms with Crippen molar-refractivity contribution in [2.45, 2.75) is 64.6 Å². The van der Waals surface area contributed by atoms with E-state index in [4.69, 9.17) is 4.74 Å². The summed E-state index contributed by atoms with van der Waals surface area (Å²) in [5.74, 6) is -0.831. The van der Waals surface area contributed by atoms with Gasteiger partial charge < -0.3 is 9.84 Å². The normalized spacial score (nSPS) is 27.9. The summed E-state index contributed by atoms with van der Waals surface area (Å²) in [6.07, 6.45) is 3.91. The van der Waals surface area contributed by atoms with Crippen molar-refractivity contribution >= 4 is 23.1 Å². The lowest BCUT2D eigenvalue weighted by Crippen LogP contribution is -2.42. The molecular weight excluding hydrogens is 399 g/mol. The first kappa shape index (κ1) is 21.6. The molecule has 2 aliphatic carbocycles. The number of aliphatic hydroxyl groups excluding tert-OH is 1. The van der Waals surface area contributed by atoms with Crippen LogP contribution in [-0.4, -0.2) is 34.9 Å². The average molecular weight is 426 g/mol. The van der Waals surface area contributed by atoms with E-state index in [1.54, 1.807) is 18.2 Å². The summed E-state index contributed by atoms with van der Waals surface area (Å²) < 4.78 is 18.9. The van der Waals surface area contributed by atoms with Gasteiger partial charge in [-0.25, -0.2) is 4.39 Å². The van der Waals surface area contributed by atoms with Crippen molar-refractivity contribution in [3.63, 3.8) is 0 Å². The summed E-state index contributed by atoms with van der Waals surface area (Å²) in [6, 6.07) is 6.08. The lowest BCUT2D eigenvalue weighted by molar-refractivity contribution is -0.156. The Morgan fingerprint density at radius 2 is 1.74 bits per heavy atom. The Morgan fingerprint density at radius 3 is 2.35 bits per heavy atom. The predicted molar refractivity (Wildman–Crippen MR) is 112 cm³/mol. The molecule has 2 fully saturated rings. The number of Topliss-reactive ketones (excluding diaryl/α,β-unsaturated/α-hetero) is 2. The zero-order valence-corrected chi connectivity index (χ0v) is 17.8. The number of ketones is 2. The van der Waals surface area contributed by atoms with Crippen molar-refractivity contribution in [1.82, 2.24) is 0 Å². The van der Waals surface area contributed by atoms with Gasteiger partial charge in [-0.1, -0.05) is 32.1 Å². The first-order chi connectivity index (χ1) is 14.6. The van der Waals surface area contributed by atoms with Crippen molar-refractivity contribution in [3.05, 3.63) is 53.4 Å². The summed E-state index contributed by atoms with van der Waals surface area (Å²) in [6.45, 7) is 4.00. The van der Waals surface area contributed by atoms with Crippen LogP contribution in [0.3, 0.4) is 0 Å². The van der Waals surface area contributed by atoms with Gasteiger partial charge >= 0.3 is 5.97 Å². The van der Waals surface area contributed by atoms with Crippen LogP contribution in [0.25, 0.3) is 5.57 Å². The van der Waals surface area contributed by atoms with Gasteiger partial charge in [-0.3, -0.25) is 14.4 Å². The smallest absolute Gasteiger partial charge is 0.309 e. The van der Waals surface area contributed by atoms with Gasteiger partial charge in [-0.05, 0) is 53.2 Å². The molecule has 1 saturated carbocycles. The SMILES string of the molecule is CC1(C)CC2(CC(c3ccc(F)cc3)=C1C=C[C@H]1C[C@H](O)CC(=O)O1)C(=O)CCC2=O. The zero-order valence-electron chi connectivity index (χ0n) is 17.8. The molecule has 0 radical (unpaired) electrons. The molecular formula is C25H27FO5. The van der Waals surface area contributed by atoms with E-state index in [1.807, 2.05) is 19.9 Å². The second-order valence-corrected chi connectivity index (χ2v) is 9.55. The van der Waals surface area contributed by atoms with Gasteiger partial charge in [0.25, 0.3) is 0 Å². The Balaban J connectivity index is 1.79. The number of hydrogen-bond acceptors (Lipinski definition) is 5. The van der Waals surface area contributed by atoms with E-state index >= 15 is 0 Å². The molecule has 4 rings (SSSR count). The van der Waals surface area contributed by atoms with E-state index in [9.17, 15) is 23.9 Å². The summed E-state index contributed by atoms with van der Waals surface area (Å²) in [5, 5.41) is 9.89. The molecule has 0 bridgehead atoms. The summed E-state index contributed by atoms with van der Waals surface area (Å²) in [5.41, 5.74) is 0.984. The van der Waals surface area contributed by atoms with Crippen LogP contribution in [0.5, 0.6) is 0 Å². The summed E-state index contributed by atoms with van der Waals surface area (Å²) in [4.78, 5) is 37.4. The van der Waals surface area contributed by atoms with Crippen molar-refractivity contribution in [2.75, 3.05) is 0 Å². The number of carbonyl (C=O) groups excluding carboxylic acids is 3. The number of benzene rings is 1. The first-order valence-electron chi connectivity index (χ1n) is 10.7. The zero-order chi connectivity index (χ0) is 22.4. The molecule has 2 atom stereocenters. The maximum Gasteiger partial charge on any atom is 0.309 e. The number of rotatable bonds is 3. The molecule has 1 aliphatic heterocycles. The van der Waals surface area contributed by atoms with Crippen molar-refractivity contribution in [1.29, 1.82) is 0 Å². The Hall–Kier alpha value is -2.60. The highest BCUT2D eigenvalue weighted by Gasteiger charge is 2.55. The van der Waals surface area contributed by atoms with Crippen molar-refractivity contribution < 1.29 is 28.6 Å². The molecule has 1 aromatic carbocycles. The molecule has 0 unspecified atom stereocenters. The molecule has 3 aliphatic rings. The molecule has 164 valence electrons. The minimum absolute atomic E-state index is 0.00784. The molecule has 1 spiro atoms. The fourth-order valence-corrected chi connectivity index (χ4v) is 5.34. The number of hydrogen-bond donors (Lipinski definition) is 1. The maximum atomic E-state index is 13.6. The molecule has 1 aromatic rings. The molecule has 0 amide bonds. The van der Waals surface area contributed by atoms with Gasteiger partial charge in [-0.2, -0.15) is 0 Å². The lowest BCUT2D eigenvalue weighted by Gasteiger charge is -2.43. The van der Waals surface area contributed by atoms with Crippen LogP contribution in [0, 0.1) is 16.6 Å². The number of allylic oxidation sites excluding steroid dienone is 3. The number of esters is 1. The molecule has 1 saturated heterocycles. The topological polar surface area (TPSA) is 80.7 Å². The summed E-state index contributed by atoms with van der Waals surface area (Å²) >= 11 is 0. The van der Waals surface area contributed by atoms with Gasteiger partial charge in [0.05, 0.1) is 17.9 Å².